The molecule has 7 heteroatoms. The Kier molecular flexibility index (Phi) is 3.90. The molecule has 1 aromatic heterocycles. The molecule has 0 N–H and O–H groups in total. The van der Waals surface area contributed by atoms with Gasteiger partial charge >= 0.3 is 0 Å². The quantitative estimate of drug-likeness (QED) is 0.356. The molecule has 1 heterocycles. The predicted molar refractivity (Wildman–Crippen MR) is 68.4 cm³/mol. The molecule has 0 aliphatic carbocycles. The van der Waals surface area contributed by atoms with Crippen LogP contribution >= 0.6 is 0 Å². The summed E-state index contributed by atoms with van der Waals surface area (Å²) in [5, 5.41) is 10.8. The Morgan fingerprint density at radius 2 is 1.70 bits per heavy atom. The van der Waals surface area contributed by atoms with Gasteiger partial charge in [0.05, 0.1) is 16.9 Å². The summed E-state index contributed by atoms with van der Waals surface area (Å²) in [5.41, 5.74) is -0.416. The number of hydrogen-bond acceptors (Lipinski definition) is 6. The van der Waals surface area contributed by atoms with Crippen LogP contribution in [0.3, 0.4) is 0 Å². The van der Waals surface area contributed by atoms with Gasteiger partial charge in [0.15, 0.2) is 11.6 Å². The van der Waals surface area contributed by atoms with Crippen molar-refractivity contribution in [1.29, 1.82) is 0 Å². The first kappa shape index (κ1) is 13.5. The number of nitrogens with zero attached hydrogens (tertiary/aromatic N) is 3. The number of benzene rings is 1. The predicted octanol–water partition coefficient (Wildman–Crippen LogP) is 1.84. The number of nitro benzene ring substituents is 1. The van der Waals surface area contributed by atoms with Crippen molar-refractivity contribution in [2.45, 2.75) is 6.42 Å². The summed E-state index contributed by atoms with van der Waals surface area (Å²) in [7, 11) is 0. The molecular weight excluding hydrogens is 262 g/mol. The lowest BCUT2D eigenvalue weighted by Gasteiger charge is -2.01. The first-order chi connectivity index (χ1) is 9.59. The van der Waals surface area contributed by atoms with E-state index in [4.69, 9.17) is 0 Å². The van der Waals surface area contributed by atoms with E-state index < -0.39 is 22.9 Å². The van der Waals surface area contributed by atoms with Gasteiger partial charge in [-0.2, -0.15) is 0 Å². The van der Waals surface area contributed by atoms with Gasteiger partial charge in [0.1, 0.15) is 0 Å². The van der Waals surface area contributed by atoms with Gasteiger partial charge in [0.2, 0.25) is 5.78 Å². The number of nitro groups is 1. The molecule has 1 aromatic carbocycles. The van der Waals surface area contributed by atoms with Crippen molar-refractivity contribution in [1.82, 2.24) is 9.97 Å². The van der Waals surface area contributed by atoms with Gasteiger partial charge < -0.3 is 0 Å². The molecule has 0 aliphatic rings. The first-order valence-corrected chi connectivity index (χ1v) is 5.66. The minimum Gasteiger partial charge on any atom is -0.293 e. The Hall–Kier alpha value is -2.96. The van der Waals surface area contributed by atoms with E-state index in [1.807, 2.05) is 0 Å². The Labute approximate surface area is 113 Å². The van der Waals surface area contributed by atoms with Gasteiger partial charge in [-0.1, -0.05) is 12.1 Å². The van der Waals surface area contributed by atoms with Crippen molar-refractivity contribution in [3.63, 3.8) is 0 Å². The maximum atomic E-state index is 12.0. The van der Waals surface area contributed by atoms with Crippen LogP contribution in [-0.4, -0.2) is 26.5 Å². The van der Waals surface area contributed by atoms with Gasteiger partial charge in [0.25, 0.3) is 5.69 Å². The van der Waals surface area contributed by atoms with Crippen molar-refractivity contribution in [2.75, 3.05) is 0 Å². The number of rotatable bonds is 5. The molecule has 0 atom stereocenters. The second-order valence-corrected chi connectivity index (χ2v) is 3.87. The number of carbonyl (C=O) groups is 2. The lowest BCUT2D eigenvalue weighted by atomic mass is 10.0. The summed E-state index contributed by atoms with van der Waals surface area (Å²) in [6.45, 7) is 0. The fourth-order valence-corrected chi connectivity index (χ4v) is 1.63. The summed E-state index contributed by atoms with van der Waals surface area (Å²) >= 11 is 0. The van der Waals surface area contributed by atoms with Crippen LogP contribution in [-0.2, 0) is 0 Å². The largest absolute Gasteiger partial charge is 0.293 e. The number of carbonyl (C=O) groups excluding carboxylic acids is 2. The Bertz CT molecular complexity index is 670. The van der Waals surface area contributed by atoms with Crippen LogP contribution in [0.4, 0.5) is 5.69 Å². The van der Waals surface area contributed by atoms with Gasteiger partial charge in [0, 0.05) is 18.5 Å². The Morgan fingerprint density at radius 1 is 1.05 bits per heavy atom. The number of aromatic nitrogens is 2. The fraction of sp³-hybridized carbons (Fsp3) is 0.0769. The van der Waals surface area contributed by atoms with E-state index in [9.17, 15) is 19.7 Å². The summed E-state index contributed by atoms with van der Waals surface area (Å²) in [4.78, 5) is 41.4. The van der Waals surface area contributed by atoms with E-state index in [0.29, 0.717) is 0 Å². The zero-order valence-corrected chi connectivity index (χ0v) is 10.2. The molecule has 0 fully saturated rings. The molecule has 7 nitrogen and oxygen atoms in total. The van der Waals surface area contributed by atoms with Crippen molar-refractivity contribution in [2.24, 2.45) is 0 Å². The minimum atomic E-state index is -0.656. The van der Waals surface area contributed by atoms with Gasteiger partial charge in [-0.15, -0.1) is 0 Å². The number of ketones is 2. The first-order valence-electron chi connectivity index (χ1n) is 5.66. The number of Topliss-reactive ketones (excluding diaryl/α,β-unsaturated/α-hetero) is 2. The van der Waals surface area contributed by atoms with Gasteiger partial charge in [-0.25, -0.2) is 9.97 Å². The van der Waals surface area contributed by atoms with Crippen molar-refractivity contribution >= 4 is 17.3 Å². The fourth-order valence-electron chi connectivity index (χ4n) is 1.63. The van der Waals surface area contributed by atoms with E-state index in [2.05, 4.69) is 9.97 Å². The third-order valence-electron chi connectivity index (χ3n) is 2.54. The summed E-state index contributed by atoms with van der Waals surface area (Å²) in [6, 6.07) is 7.04. The molecule has 0 spiro atoms. The van der Waals surface area contributed by atoms with Crippen LogP contribution in [0.25, 0.3) is 0 Å². The van der Waals surface area contributed by atoms with Gasteiger partial charge in [-0.05, 0) is 12.1 Å². The van der Waals surface area contributed by atoms with Crippen LogP contribution in [0.2, 0.25) is 0 Å². The van der Waals surface area contributed by atoms with E-state index in [0.717, 1.165) is 0 Å². The highest BCUT2D eigenvalue weighted by Gasteiger charge is 2.22. The molecule has 0 saturated heterocycles. The van der Waals surface area contributed by atoms with E-state index >= 15 is 0 Å². The second-order valence-electron chi connectivity index (χ2n) is 3.87. The average molecular weight is 271 g/mol. The summed E-state index contributed by atoms with van der Waals surface area (Å²) in [5.74, 6) is -1.29. The molecule has 0 amide bonds. The lowest BCUT2D eigenvalue weighted by molar-refractivity contribution is -0.385. The maximum Gasteiger partial charge on any atom is 0.280 e. The van der Waals surface area contributed by atoms with Gasteiger partial charge in [-0.3, -0.25) is 19.7 Å². The zero-order valence-electron chi connectivity index (χ0n) is 10.2. The molecule has 0 unspecified atom stereocenters. The normalized spacial score (nSPS) is 10.0. The Morgan fingerprint density at radius 3 is 2.35 bits per heavy atom. The molecule has 0 saturated carbocycles. The molecule has 2 aromatic rings. The van der Waals surface area contributed by atoms with Crippen LogP contribution < -0.4 is 0 Å². The van der Waals surface area contributed by atoms with E-state index in [1.54, 1.807) is 6.07 Å². The van der Waals surface area contributed by atoms with Crippen molar-refractivity contribution in [3.8, 4) is 0 Å². The average Bonchev–Trinajstić information content (AvgIpc) is 2.48. The van der Waals surface area contributed by atoms with E-state index in [-0.39, 0.29) is 17.1 Å². The highest BCUT2D eigenvalue weighted by molar-refractivity contribution is 6.13. The maximum absolute atomic E-state index is 12.0. The molecule has 0 bridgehead atoms. The lowest BCUT2D eigenvalue weighted by Crippen LogP contribution is -2.12. The molecule has 0 aliphatic heterocycles. The molecule has 20 heavy (non-hydrogen) atoms. The van der Waals surface area contributed by atoms with Crippen molar-refractivity contribution < 1.29 is 14.5 Å². The molecule has 100 valence electrons. The molecule has 2 rings (SSSR count). The monoisotopic (exact) mass is 271 g/mol. The summed E-state index contributed by atoms with van der Waals surface area (Å²) < 4.78 is 0. The smallest absolute Gasteiger partial charge is 0.280 e. The Balaban J connectivity index is 2.21. The SMILES string of the molecule is O=C(CC(=O)c1ccccc1[N+](=O)[O-])c1ncccn1. The van der Waals surface area contributed by atoms with E-state index in [1.165, 1.54) is 36.7 Å². The van der Waals surface area contributed by atoms with Crippen LogP contribution in [0.15, 0.2) is 42.7 Å². The molecule has 0 radical (unpaired) electrons. The van der Waals surface area contributed by atoms with Crippen LogP contribution in [0.5, 0.6) is 0 Å². The van der Waals surface area contributed by atoms with Crippen LogP contribution in [0.1, 0.15) is 27.4 Å². The standard InChI is InChI=1S/C13H9N3O4/c17-11(8-12(18)13-14-6-3-7-15-13)9-4-1-2-5-10(9)16(19)20/h1-7H,8H2. The highest BCUT2D eigenvalue weighted by Crippen LogP contribution is 2.19. The number of hydrogen-bond donors (Lipinski definition) is 0. The highest BCUT2D eigenvalue weighted by atomic mass is 16.6. The number of para-hydroxylation sites is 1. The summed E-state index contributed by atoms with van der Waals surface area (Å²) in [6.07, 6.45) is 2.26. The van der Waals surface area contributed by atoms with Crippen molar-refractivity contribution in [3.05, 3.63) is 64.2 Å². The van der Waals surface area contributed by atoms with Crippen LogP contribution in [0, 0.1) is 10.1 Å². The minimum absolute atomic E-state index is 0.0839. The molecular formula is C13H9N3O4. The third kappa shape index (κ3) is 2.89. The zero-order chi connectivity index (χ0) is 14.5. The third-order valence-corrected chi connectivity index (χ3v) is 2.54. The topological polar surface area (TPSA) is 103 Å². The second kappa shape index (κ2) is 5.79.